The molecule has 4 amide bonds. The van der Waals surface area contributed by atoms with Crippen LogP contribution in [0.3, 0.4) is 0 Å². The highest BCUT2D eigenvalue weighted by Crippen LogP contribution is 2.25. The van der Waals surface area contributed by atoms with Gasteiger partial charge in [0.25, 0.3) is 0 Å². The summed E-state index contributed by atoms with van der Waals surface area (Å²) < 4.78 is 20.3. The van der Waals surface area contributed by atoms with E-state index in [2.05, 4.69) is 4.74 Å². The first-order chi connectivity index (χ1) is 24.9. The van der Waals surface area contributed by atoms with Gasteiger partial charge in [0, 0.05) is 44.8 Å². The van der Waals surface area contributed by atoms with Crippen molar-refractivity contribution in [1.82, 2.24) is 14.7 Å². The minimum Gasteiger partial charge on any atom is -0.469 e. The van der Waals surface area contributed by atoms with E-state index in [4.69, 9.17) is 37.9 Å². The van der Waals surface area contributed by atoms with Gasteiger partial charge in [-0.05, 0) is 83.1 Å². The normalized spacial score (nSPS) is 21.7. The quantitative estimate of drug-likeness (QED) is 0.192. The molecule has 3 aliphatic heterocycles. The second-order valence-corrected chi connectivity index (χ2v) is 17.3. The van der Waals surface area contributed by atoms with Gasteiger partial charge in [-0.25, -0.2) is 14.4 Å². The third-order valence-electron chi connectivity index (χ3n) is 8.46. The summed E-state index contributed by atoms with van der Waals surface area (Å²) in [5.74, 6) is -4.00. The van der Waals surface area contributed by atoms with Crippen LogP contribution in [0.1, 0.15) is 102 Å². The summed E-state index contributed by atoms with van der Waals surface area (Å²) >= 11 is 4.88. The van der Waals surface area contributed by atoms with E-state index in [1.54, 1.807) is 83.1 Å². The molecule has 0 saturated carbocycles. The second kappa shape index (κ2) is 19.5. The van der Waals surface area contributed by atoms with Crippen LogP contribution in [-0.4, -0.2) is 129 Å². The van der Waals surface area contributed by atoms with Crippen LogP contribution >= 0.6 is 12.2 Å². The maximum atomic E-state index is 11.9. The number of carbonyl (C=O) groups excluding carboxylic acids is 8. The van der Waals surface area contributed by atoms with Gasteiger partial charge in [0.05, 0.1) is 23.9 Å². The molecule has 6 unspecified atom stereocenters. The number of hydrogen-bond acceptors (Lipinski definition) is 13. The summed E-state index contributed by atoms with van der Waals surface area (Å²) in [6, 6.07) is -1.99. The van der Waals surface area contributed by atoms with Crippen molar-refractivity contribution in [2.24, 2.45) is 29.2 Å². The number of likely N-dealkylation sites (tertiary alicyclic amines) is 3. The number of esters is 4. The van der Waals surface area contributed by atoms with Gasteiger partial charge >= 0.3 is 23.9 Å². The highest BCUT2D eigenvalue weighted by Gasteiger charge is 2.42. The molecule has 0 spiro atoms. The lowest BCUT2D eigenvalue weighted by Crippen LogP contribution is -2.43. The zero-order chi connectivity index (χ0) is 43.0. The minimum absolute atomic E-state index is 0.0719. The van der Waals surface area contributed by atoms with E-state index in [1.807, 2.05) is 0 Å². The summed E-state index contributed by atoms with van der Waals surface area (Å²) in [6.45, 7) is 21.6. The first-order valence-corrected chi connectivity index (χ1v) is 18.5. The Morgan fingerprint density at radius 3 is 1.09 bits per heavy atom. The monoisotopic (exact) mass is 799 g/mol. The first-order valence-electron chi connectivity index (χ1n) is 18.1. The van der Waals surface area contributed by atoms with Gasteiger partial charge in [0.15, 0.2) is 0 Å². The molecule has 3 rings (SSSR count). The van der Waals surface area contributed by atoms with Crippen LogP contribution in [0.4, 0.5) is 0 Å². The van der Waals surface area contributed by atoms with Crippen molar-refractivity contribution in [3.8, 4) is 0 Å². The van der Waals surface area contributed by atoms with Crippen molar-refractivity contribution in [2.45, 2.75) is 137 Å². The number of nitrogens with two attached hydrogens (primary N) is 2. The maximum absolute atomic E-state index is 11.9. The fourth-order valence-corrected chi connectivity index (χ4v) is 5.72. The molecule has 3 fully saturated rings. The molecular formula is C37H61N5O12S. The Morgan fingerprint density at radius 1 is 0.582 bits per heavy atom. The van der Waals surface area contributed by atoms with Crippen LogP contribution in [-0.2, 0) is 57.3 Å². The summed E-state index contributed by atoms with van der Waals surface area (Å²) in [4.78, 5) is 97.9. The van der Waals surface area contributed by atoms with Crippen LogP contribution < -0.4 is 11.5 Å². The summed E-state index contributed by atoms with van der Waals surface area (Å²) in [5.41, 5.74) is 8.94. The highest BCUT2D eigenvalue weighted by molar-refractivity contribution is 7.80. The number of thiocarbonyl (C=S) groups is 1. The number of hydrogen-bond donors (Lipinski definition) is 2. The van der Waals surface area contributed by atoms with Crippen molar-refractivity contribution in [2.75, 3.05) is 26.7 Å². The van der Waals surface area contributed by atoms with E-state index in [-0.39, 0.29) is 56.0 Å². The van der Waals surface area contributed by atoms with E-state index < -0.39 is 76.5 Å². The Kier molecular flexibility index (Phi) is 17.2. The molecule has 0 aliphatic carbocycles. The van der Waals surface area contributed by atoms with Gasteiger partial charge in [0.1, 0.15) is 34.9 Å². The summed E-state index contributed by atoms with van der Waals surface area (Å²) in [7, 11) is 1.28. The molecule has 55 heavy (non-hydrogen) atoms. The molecule has 0 aromatic rings. The van der Waals surface area contributed by atoms with Crippen molar-refractivity contribution < 1.29 is 57.3 Å². The topological polar surface area (TPSA) is 235 Å². The van der Waals surface area contributed by atoms with Gasteiger partial charge < -0.3 is 45.1 Å². The van der Waals surface area contributed by atoms with Crippen LogP contribution in [0.25, 0.3) is 0 Å². The molecule has 3 heterocycles. The SMILES string of the molecule is CC(C(=O)OC(C)(C)C)N1CC(C(N)=O)CC1=O.CC(C(=O)OC(C)(C)C)N1CC(C(N)=S)CC1=O.COC(=O)C1CC(=O)N(C(C)C(=O)OC(C)(C)C)C1. The fourth-order valence-electron chi connectivity index (χ4n) is 5.57. The lowest BCUT2D eigenvalue weighted by molar-refractivity contribution is -0.163. The first kappa shape index (κ1) is 48.7. The Hall–Kier alpha value is -4.35. The molecule has 0 aromatic heterocycles. The zero-order valence-electron chi connectivity index (χ0n) is 34.5. The van der Waals surface area contributed by atoms with Crippen LogP contribution in [0.5, 0.6) is 0 Å². The molecule has 3 saturated heterocycles. The number of rotatable bonds is 9. The van der Waals surface area contributed by atoms with Gasteiger partial charge in [0.2, 0.25) is 23.6 Å². The van der Waals surface area contributed by atoms with Crippen molar-refractivity contribution in [3.63, 3.8) is 0 Å². The lowest BCUT2D eigenvalue weighted by atomic mass is 10.1. The number of amides is 4. The molecule has 3 aliphatic rings. The third-order valence-corrected chi connectivity index (χ3v) is 8.79. The smallest absolute Gasteiger partial charge is 0.329 e. The van der Waals surface area contributed by atoms with Crippen molar-refractivity contribution in [1.29, 1.82) is 0 Å². The van der Waals surface area contributed by atoms with E-state index >= 15 is 0 Å². The Morgan fingerprint density at radius 2 is 0.855 bits per heavy atom. The summed E-state index contributed by atoms with van der Waals surface area (Å²) in [6.07, 6.45) is 0.435. The van der Waals surface area contributed by atoms with E-state index in [0.29, 0.717) is 11.5 Å². The van der Waals surface area contributed by atoms with Crippen LogP contribution in [0.15, 0.2) is 0 Å². The second-order valence-electron chi connectivity index (χ2n) is 16.8. The molecule has 0 aromatic carbocycles. The largest absolute Gasteiger partial charge is 0.469 e. The Balaban J connectivity index is 0.000000413. The van der Waals surface area contributed by atoms with Gasteiger partial charge in [-0.15, -0.1) is 0 Å². The van der Waals surface area contributed by atoms with E-state index in [9.17, 15) is 38.4 Å². The molecule has 6 atom stereocenters. The van der Waals surface area contributed by atoms with Gasteiger partial charge in [-0.2, -0.15) is 0 Å². The average molecular weight is 800 g/mol. The Labute approximate surface area is 329 Å². The van der Waals surface area contributed by atoms with Crippen LogP contribution in [0.2, 0.25) is 0 Å². The lowest BCUT2D eigenvalue weighted by Gasteiger charge is -2.27. The van der Waals surface area contributed by atoms with Gasteiger partial charge in [-0.1, -0.05) is 12.2 Å². The van der Waals surface area contributed by atoms with Gasteiger partial charge in [-0.3, -0.25) is 24.0 Å². The molecule has 312 valence electrons. The number of methoxy groups -OCH3 is 1. The molecule has 4 N–H and O–H groups in total. The Bertz CT molecular complexity index is 1410. The predicted octanol–water partition coefficient (Wildman–Crippen LogP) is 1.64. The van der Waals surface area contributed by atoms with Crippen molar-refractivity contribution >= 4 is 64.7 Å². The standard InChI is InChI=1S/C13H21NO5.C12H20N2O4.C12H20N2O3S/c1-8(11(16)19-13(2,3)4)14-7-9(6-10(14)15)12(17)18-5;1-7(11(17)18-12(2,3)4)14-6-8(10(13)16)5-9(14)15;1-7(11(16)17-12(2,3)4)14-6-8(10(13)18)5-9(14)15/h8-9H,6-7H2,1-5H3;7-8H,5-6H2,1-4H3,(H2,13,16);7-8H,5-6H2,1-4H3,(H2,13,18). The predicted molar refractivity (Wildman–Crippen MR) is 203 cm³/mol. The van der Waals surface area contributed by atoms with Crippen LogP contribution in [0, 0.1) is 17.8 Å². The van der Waals surface area contributed by atoms with E-state index in [1.165, 1.54) is 21.8 Å². The fraction of sp³-hybridized carbons (Fsp3) is 0.757. The zero-order valence-corrected chi connectivity index (χ0v) is 35.3. The maximum Gasteiger partial charge on any atom is 0.329 e. The van der Waals surface area contributed by atoms with E-state index in [0.717, 1.165) is 0 Å². The molecule has 0 bridgehead atoms. The molecule has 17 nitrogen and oxygen atoms in total. The number of ether oxygens (including phenoxy) is 4. The number of primary amides is 1. The number of carbonyl (C=O) groups is 8. The van der Waals surface area contributed by atoms with Crippen molar-refractivity contribution in [3.05, 3.63) is 0 Å². The highest BCUT2D eigenvalue weighted by atomic mass is 32.1. The average Bonchev–Trinajstić information content (AvgIpc) is 3.73. The molecular weight excluding hydrogens is 738 g/mol. The minimum atomic E-state index is -0.693. The molecule has 0 radical (unpaired) electrons. The third kappa shape index (κ3) is 15.7. The summed E-state index contributed by atoms with van der Waals surface area (Å²) in [5, 5.41) is 0. The molecule has 18 heteroatoms. The number of nitrogens with zero attached hydrogens (tertiary/aromatic N) is 3.